The monoisotopic (exact) mass is 386 g/mol. The normalized spacial score (nSPS) is 12.2. The van der Waals surface area contributed by atoms with Gasteiger partial charge in [-0.15, -0.1) is 0 Å². The minimum atomic E-state index is -3.81. The lowest BCUT2D eigenvalue weighted by atomic mass is 10.2. The first-order valence-electron chi connectivity index (χ1n) is 7.51. The molecule has 0 aromatic carbocycles. The molecule has 0 spiro atoms. The van der Waals surface area contributed by atoms with E-state index in [1.54, 1.807) is 0 Å². The summed E-state index contributed by atoms with van der Waals surface area (Å²) in [6.45, 7) is 0.0131. The first-order valence-corrected chi connectivity index (χ1v) is 10.3. The zero-order chi connectivity index (χ0) is 18.2. The van der Waals surface area contributed by atoms with E-state index < -0.39 is 20.2 Å². The van der Waals surface area contributed by atoms with Gasteiger partial charge in [0.15, 0.2) is 0 Å². The van der Waals surface area contributed by atoms with E-state index in [-0.39, 0.29) is 23.0 Å². The minimum absolute atomic E-state index is 0.000831. The molecule has 2 rings (SSSR count). The van der Waals surface area contributed by atoms with E-state index in [0.29, 0.717) is 19.3 Å². The highest BCUT2D eigenvalue weighted by Gasteiger charge is 2.15. The van der Waals surface area contributed by atoms with Crippen LogP contribution in [0.4, 0.5) is 0 Å². The van der Waals surface area contributed by atoms with E-state index in [1.165, 1.54) is 49.1 Å². The number of unbranched alkanes of at least 4 members (excludes halogenated alkanes) is 2. The van der Waals surface area contributed by atoms with Crippen molar-refractivity contribution in [2.75, 3.05) is 13.2 Å². The van der Waals surface area contributed by atoms with Gasteiger partial charge in [0.25, 0.3) is 20.2 Å². The second-order valence-corrected chi connectivity index (χ2v) is 8.22. The zero-order valence-corrected chi connectivity index (χ0v) is 14.9. The average molecular weight is 386 g/mol. The fourth-order valence-corrected chi connectivity index (χ4v) is 3.66. The summed E-state index contributed by atoms with van der Waals surface area (Å²) in [7, 11) is -7.62. The molecule has 10 heteroatoms. The van der Waals surface area contributed by atoms with Crippen molar-refractivity contribution in [2.45, 2.75) is 29.1 Å². The Morgan fingerprint density at radius 2 is 1.16 bits per heavy atom. The van der Waals surface area contributed by atoms with Crippen LogP contribution in [0.25, 0.3) is 0 Å². The summed E-state index contributed by atoms with van der Waals surface area (Å²) < 4.78 is 57.1. The summed E-state index contributed by atoms with van der Waals surface area (Å²) in [5, 5.41) is 0. The van der Waals surface area contributed by atoms with Crippen LogP contribution in [0.3, 0.4) is 0 Å². The van der Waals surface area contributed by atoms with Gasteiger partial charge in [0.05, 0.1) is 13.2 Å². The molecule has 0 saturated heterocycles. The molecule has 2 aromatic rings. The molecule has 2 aromatic heterocycles. The number of rotatable bonds is 10. The summed E-state index contributed by atoms with van der Waals surface area (Å²) in [4.78, 5) is 7.46. The third-order valence-electron chi connectivity index (χ3n) is 3.11. The molecule has 0 fully saturated rings. The molecule has 0 saturated carbocycles. The van der Waals surface area contributed by atoms with E-state index in [2.05, 4.69) is 9.97 Å². The molecule has 136 valence electrons. The van der Waals surface area contributed by atoms with Crippen molar-refractivity contribution in [2.24, 2.45) is 0 Å². The number of pyridine rings is 2. The van der Waals surface area contributed by atoms with Crippen LogP contribution in [-0.2, 0) is 28.6 Å². The van der Waals surface area contributed by atoms with Crippen LogP contribution in [0.5, 0.6) is 0 Å². The van der Waals surface area contributed by atoms with Crippen molar-refractivity contribution in [3.8, 4) is 0 Å². The predicted octanol–water partition coefficient (Wildman–Crippen LogP) is 1.76. The van der Waals surface area contributed by atoms with Gasteiger partial charge in [-0.3, -0.25) is 18.3 Å². The quantitative estimate of drug-likeness (QED) is 0.448. The minimum Gasteiger partial charge on any atom is -0.266 e. The second kappa shape index (κ2) is 8.99. The predicted molar refractivity (Wildman–Crippen MR) is 88.6 cm³/mol. The van der Waals surface area contributed by atoms with Gasteiger partial charge in [0.2, 0.25) is 0 Å². The maximum Gasteiger partial charge on any atom is 0.298 e. The lowest BCUT2D eigenvalue weighted by Crippen LogP contribution is -2.09. The highest BCUT2D eigenvalue weighted by molar-refractivity contribution is 7.87. The third kappa shape index (κ3) is 6.16. The molecule has 0 atom stereocenters. The van der Waals surface area contributed by atoms with Crippen LogP contribution in [0, 0.1) is 0 Å². The SMILES string of the molecule is O=S(=O)(OCCCCCOS(=O)(=O)c1cccnc1)c1cccnc1. The van der Waals surface area contributed by atoms with Crippen LogP contribution in [0.1, 0.15) is 19.3 Å². The van der Waals surface area contributed by atoms with Crippen molar-refractivity contribution >= 4 is 20.2 Å². The standard InChI is InChI=1S/C15H18N2O6S2/c18-24(19,14-6-4-8-16-12-14)22-10-2-1-3-11-23-25(20,21)15-7-5-9-17-13-15/h4-9,12-13H,1-3,10-11H2. The van der Waals surface area contributed by atoms with Gasteiger partial charge in [-0.2, -0.15) is 16.8 Å². The van der Waals surface area contributed by atoms with Crippen LogP contribution in [0.15, 0.2) is 58.8 Å². The highest BCUT2D eigenvalue weighted by atomic mass is 32.2. The van der Waals surface area contributed by atoms with E-state index in [0.717, 1.165) is 0 Å². The van der Waals surface area contributed by atoms with Gasteiger partial charge in [-0.05, 0) is 43.5 Å². The van der Waals surface area contributed by atoms with E-state index in [9.17, 15) is 16.8 Å². The Balaban J connectivity index is 1.66. The van der Waals surface area contributed by atoms with Crippen LogP contribution < -0.4 is 0 Å². The Kier molecular flexibility index (Phi) is 7.00. The maximum absolute atomic E-state index is 11.8. The number of aromatic nitrogens is 2. The number of hydrogen-bond acceptors (Lipinski definition) is 8. The topological polar surface area (TPSA) is 113 Å². The van der Waals surface area contributed by atoms with Crippen molar-refractivity contribution in [3.63, 3.8) is 0 Å². The van der Waals surface area contributed by atoms with Gasteiger partial charge >= 0.3 is 0 Å². The lowest BCUT2D eigenvalue weighted by molar-refractivity contribution is 0.283. The molecule has 25 heavy (non-hydrogen) atoms. The molecule has 8 nitrogen and oxygen atoms in total. The van der Waals surface area contributed by atoms with E-state index in [1.807, 2.05) is 0 Å². The van der Waals surface area contributed by atoms with Crippen LogP contribution in [-0.4, -0.2) is 40.0 Å². The van der Waals surface area contributed by atoms with Gasteiger partial charge in [-0.1, -0.05) is 0 Å². The Morgan fingerprint density at radius 1 is 0.720 bits per heavy atom. The fourth-order valence-electron chi connectivity index (χ4n) is 1.84. The van der Waals surface area contributed by atoms with E-state index in [4.69, 9.17) is 8.37 Å². The van der Waals surface area contributed by atoms with Crippen LogP contribution >= 0.6 is 0 Å². The summed E-state index contributed by atoms with van der Waals surface area (Å²) in [5.41, 5.74) is 0. The molecule has 2 heterocycles. The molecule has 0 bridgehead atoms. The molecule has 0 aliphatic heterocycles. The van der Waals surface area contributed by atoms with Gasteiger partial charge in [-0.25, -0.2) is 0 Å². The largest absolute Gasteiger partial charge is 0.298 e. The molecule has 0 radical (unpaired) electrons. The first kappa shape index (κ1) is 19.4. The molecule has 0 aliphatic rings. The molecular weight excluding hydrogens is 368 g/mol. The maximum atomic E-state index is 11.8. The number of hydrogen-bond donors (Lipinski definition) is 0. The Morgan fingerprint density at radius 3 is 1.52 bits per heavy atom. The van der Waals surface area contributed by atoms with E-state index >= 15 is 0 Å². The van der Waals surface area contributed by atoms with Gasteiger partial charge < -0.3 is 0 Å². The fraction of sp³-hybridized carbons (Fsp3) is 0.333. The number of nitrogens with zero attached hydrogens (tertiary/aromatic N) is 2. The zero-order valence-electron chi connectivity index (χ0n) is 13.3. The molecular formula is C15H18N2O6S2. The van der Waals surface area contributed by atoms with Crippen molar-refractivity contribution in [1.29, 1.82) is 0 Å². The highest BCUT2D eigenvalue weighted by Crippen LogP contribution is 2.12. The third-order valence-corrected chi connectivity index (χ3v) is 5.70. The second-order valence-electron chi connectivity index (χ2n) is 4.99. The van der Waals surface area contributed by atoms with Crippen molar-refractivity contribution in [1.82, 2.24) is 9.97 Å². The van der Waals surface area contributed by atoms with Crippen LogP contribution in [0.2, 0.25) is 0 Å². The van der Waals surface area contributed by atoms with Gasteiger partial charge in [0.1, 0.15) is 9.79 Å². The van der Waals surface area contributed by atoms with Gasteiger partial charge in [0, 0.05) is 24.8 Å². The average Bonchev–Trinajstić information content (AvgIpc) is 2.62. The molecule has 0 unspecified atom stereocenters. The molecule has 0 N–H and O–H groups in total. The Hall–Kier alpha value is -1.88. The summed E-state index contributed by atoms with van der Waals surface area (Å²) >= 11 is 0. The smallest absolute Gasteiger partial charge is 0.266 e. The van der Waals surface area contributed by atoms with Crippen molar-refractivity contribution < 1.29 is 25.2 Å². The summed E-state index contributed by atoms with van der Waals surface area (Å²) in [5.74, 6) is 0. The Bertz CT molecular complexity index is 782. The first-order chi connectivity index (χ1) is 11.9. The lowest BCUT2D eigenvalue weighted by Gasteiger charge is -2.06. The molecule has 0 amide bonds. The Labute approximate surface area is 147 Å². The summed E-state index contributed by atoms with van der Waals surface area (Å²) in [6, 6.07) is 5.82. The summed E-state index contributed by atoms with van der Waals surface area (Å²) in [6.07, 6.45) is 6.84. The van der Waals surface area contributed by atoms with Crippen molar-refractivity contribution in [3.05, 3.63) is 49.1 Å². The molecule has 0 aliphatic carbocycles.